The molecule has 34 heavy (non-hydrogen) atoms. The minimum absolute atomic E-state index is 0.276. The molecule has 0 aliphatic heterocycles. The summed E-state index contributed by atoms with van der Waals surface area (Å²) in [6, 6.07) is 17.0. The molecule has 0 aliphatic rings. The Kier molecular flexibility index (Phi) is 5.92. The lowest BCUT2D eigenvalue weighted by Gasteiger charge is -2.19. The number of nitrogens with one attached hydrogen (secondary N) is 1. The van der Waals surface area contributed by atoms with Crippen LogP contribution >= 0.6 is 11.3 Å². The Morgan fingerprint density at radius 1 is 1.12 bits per heavy atom. The summed E-state index contributed by atoms with van der Waals surface area (Å²) in [5.41, 5.74) is 3.05. The van der Waals surface area contributed by atoms with Gasteiger partial charge in [-0.05, 0) is 29.8 Å². The molecule has 0 saturated carbocycles. The summed E-state index contributed by atoms with van der Waals surface area (Å²) in [5.74, 6) is 1.19. The van der Waals surface area contributed by atoms with Gasteiger partial charge in [-0.3, -0.25) is 4.79 Å². The molecule has 1 unspecified atom stereocenters. The third-order valence-corrected chi connectivity index (χ3v) is 6.32. The van der Waals surface area contributed by atoms with Gasteiger partial charge in [0.05, 0.1) is 19.0 Å². The predicted octanol–water partition coefficient (Wildman–Crippen LogP) is 4.26. The van der Waals surface area contributed by atoms with Crippen LogP contribution in [-0.2, 0) is 7.05 Å². The van der Waals surface area contributed by atoms with Gasteiger partial charge >= 0.3 is 0 Å². The van der Waals surface area contributed by atoms with Crippen LogP contribution in [0.3, 0.4) is 0 Å². The van der Waals surface area contributed by atoms with Crippen LogP contribution in [0.4, 0.5) is 0 Å². The first-order valence-corrected chi connectivity index (χ1v) is 11.5. The predicted molar refractivity (Wildman–Crippen MR) is 130 cm³/mol. The van der Waals surface area contributed by atoms with Gasteiger partial charge in [0.25, 0.3) is 5.91 Å². The summed E-state index contributed by atoms with van der Waals surface area (Å²) >= 11 is 1.41. The van der Waals surface area contributed by atoms with Crippen molar-refractivity contribution in [3.63, 3.8) is 0 Å². The molecule has 3 heterocycles. The number of carbonyl (C=O) groups excluding carboxylic acids is 1. The highest BCUT2D eigenvalue weighted by Gasteiger charge is 2.23. The number of aryl methyl sites for hydroxylation is 1. The molecule has 5 aromatic rings. The van der Waals surface area contributed by atoms with Crippen LogP contribution in [0.25, 0.3) is 16.3 Å². The van der Waals surface area contributed by atoms with Crippen molar-refractivity contribution in [2.45, 2.75) is 6.04 Å². The lowest BCUT2D eigenvalue weighted by atomic mass is 10.1. The minimum atomic E-state index is -0.440. The molecule has 170 valence electrons. The summed E-state index contributed by atoms with van der Waals surface area (Å²) in [6.45, 7) is 0. The molecule has 0 saturated heterocycles. The molecule has 8 nitrogen and oxygen atoms in total. The van der Waals surface area contributed by atoms with E-state index in [9.17, 15) is 4.79 Å². The van der Waals surface area contributed by atoms with Crippen LogP contribution in [0.1, 0.15) is 27.9 Å². The van der Waals surface area contributed by atoms with Crippen molar-refractivity contribution in [1.82, 2.24) is 29.6 Å². The number of para-hydroxylation sites is 1. The fourth-order valence-electron chi connectivity index (χ4n) is 3.62. The molecule has 0 aliphatic carbocycles. The summed E-state index contributed by atoms with van der Waals surface area (Å²) in [7, 11) is 3.52. The van der Waals surface area contributed by atoms with Crippen LogP contribution < -0.4 is 10.1 Å². The molecule has 1 amide bonds. The number of rotatable bonds is 7. The Morgan fingerprint density at radius 2 is 1.91 bits per heavy atom. The van der Waals surface area contributed by atoms with Crippen molar-refractivity contribution < 1.29 is 9.53 Å². The van der Waals surface area contributed by atoms with Crippen LogP contribution in [0.2, 0.25) is 0 Å². The van der Waals surface area contributed by atoms with E-state index in [1.807, 2.05) is 78.6 Å². The van der Waals surface area contributed by atoms with E-state index in [4.69, 9.17) is 4.74 Å². The highest BCUT2D eigenvalue weighted by atomic mass is 32.1. The van der Waals surface area contributed by atoms with E-state index in [1.165, 1.54) is 11.3 Å². The van der Waals surface area contributed by atoms with Gasteiger partial charge in [-0.2, -0.15) is 5.10 Å². The Hall–Kier alpha value is -4.24. The van der Waals surface area contributed by atoms with Gasteiger partial charge in [0.15, 0.2) is 0 Å². The maximum atomic E-state index is 13.2. The van der Waals surface area contributed by atoms with Gasteiger partial charge in [0.2, 0.25) is 0 Å². The second-order valence-corrected chi connectivity index (χ2v) is 8.48. The Balaban J connectivity index is 1.38. The number of carbonyl (C=O) groups is 1. The number of methoxy groups -OCH3 is 1. The second kappa shape index (κ2) is 9.32. The van der Waals surface area contributed by atoms with Crippen LogP contribution in [0.5, 0.6) is 5.75 Å². The molecule has 5 rings (SSSR count). The fourth-order valence-corrected chi connectivity index (χ4v) is 4.40. The largest absolute Gasteiger partial charge is 0.497 e. The molecule has 3 aromatic heterocycles. The zero-order valence-corrected chi connectivity index (χ0v) is 19.4. The summed E-state index contributed by atoms with van der Waals surface area (Å²) in [5, 5.41) is 10.00. The summed E-state index contributed by atoms with van der Waals surface area (Å²) in [4.78, 5) is 22.2. The molecule has 0 radical (unpaired) electrons. The van der Waals surface area contributed by atoms with Crippen molar-refractivity contribution >= 4 is 17.2 Å². The Morgan fingerprint density at radius 3 is 2.62 bits per heavy atom. The smallest absolute Gasteiger partial charge is 0.271 e. The first kappa shape index (κ1) is 21.6. The average molecular weight is 471 g/mol. The van der Waals surface area contributed by atoms with Gasteiger partial charge in [-0.1, -0.05) is 30.3 Å². The van der Waals surface area contributed by atoms with Gasteiger partial charge in [-0.25, -0.2) is 14.6 Å². The SMILES string of the molecule is COc1ccc(C(NC(=O)c2csc(-c3cnn(-c4ccccc4)c3)n2)c2nccn2C)cc1. The van der Waals surface area contributed by atoms with E-state index in [0.717, 1.165) is 33.4 Å². The van der Waals surface area contributed by atoms with Crippen molar-refractivity contribution in [3.05, 3.63) is 102 Å². The molecular weight excluding hydrogens is 448 g/mol. The number of hydrogen-bond acceptors (Lipinski definition) is 6. The minimum Gasteiger partial charge on any atom is -0.497 e. The van der Waals surface area contributed by atoms with Crippen molar-refractivity contribution in [3.8, 4) is 22.0 Å². The van der Waals surface area contributed by atoms with Crippen molar-refractivity contribution in [2.75, 3.05) is 7.11 Å². The molecule has 0 spiro atoms. The lowest BCUT2D eigenvalue weighted by molar-refractivity contribution is 0.0937. The Labute approximate surface area is 200 Å². The third-order valence-electron chi connectivity index (χ3n) is 5.43. The maximum absolute atomic E-state index is 13.2. The molecular formula is C25H22N6O2S. The van der Waals surface area contributed by atoms with Crippen molar-refractivity contribution in [2.24, 2.45) is 7.05 Å². The van der Waals surface area contributed by atoms with Crippen molar-refractivity contribution in [1.29, 1.82) is 0 Å². The molecule has 1 N–H and O–H groups in total. The topological polar surface area (TPSA) is 86.9 Å². The van der Waals surface area contributed by atoms with Crippen LogP contribution in [0.15, 0.2) is 84.8 Å². The van der Waals surface area contributed by atoms with E-state index in [0.29, 0.717) is 5.69 Å². The van der Waals surface area contributed by atoms with E-state index in [1.54, 1.807) is 29.6 Å². The quantitative estimate of drug-likeness (QED) is 0.384. The summed E-state index contributed by atoms with van der Waals surface area (Å²) in [6.07, 6.45) is 7.22. The first-order valence-electron chi connectivity index (χ1n) is 10.6. The molecule has 1 atom stereocenters. The molecule has 2 aromatic carbocycles. The fraction of sp³-hybridized carbons (Fsp3) is 0.120. The average Bonchev–Trinajstić information content (AvgIpc) is 3.64. The summed E-state index contributed by atoms with van der Waals surface area (Å²) < 4.78 is 8.94. The van der Waals surface area contributed by atoms with E-state index in [-0.39, 0.29) is 5.91 Å². The molecule has 9 heteroatoms. The number of aromatic nitrogens is 5. The number of hydrogen-bond donors (Lipinski definition) is 1. The van der Waals surface area contributed by atoms with E-state index in [2.05, 4.69) is 20.4 Å². The first-order chi connectivity index (χ1) is 16.6. The van der Waals surface area contributed by atoms with Gasteiger partial charge < -0.3 is 14.6 Å². The Bertz CT molecular complexity index is 1400. The maximum Gasteiger partial charge on any atom is 0.271 e. The number of thiazole rings is 1. The van der Waals surface area contributed by atoms with Crippen LogP contribution in [0, 0.1) is 0 Å². The lowest BCUT2D eigenvalue weighted by Crippen LogP contribution is -2.31. The number of imidazole rings is 1. The number of ether oxygens (including phenoxy) is 1. The number of nitrogens with zero attached hydrogens (tertiary/aromatic N) is 5. The van der Waals surface area contributed by atoms with E-state index < -0.39 is 6.04 Å². The zero-order chi connectivity index (χ0) is 23.5. The molecule has 0 fully saturated rings. The van der Waals surface area contributed by atoms with Gasteiger partial charge in [-0.15, -0.1) is 11.3 Å². The number of benzene rings is 2. The normalized spacial score (nSPS) is 11.8. The van der Waals surface area contributed by atoms with Gasteiger partial charge in [0.1, 0.15) is 28.3 Å². The molecule has 0 bridgehead atoms. The highest BCUT2D eigenvalue weighted by Crippen LogP contribution is 2.26. The third kappa shape index (κ3) is 4.33. The standard InChI is InChI=1S/C25H22N6O2S/c1-30-13-12-26-23(30)22(17-8-10-20(33-2)11-9-17)29-24(32)21-16-34-25(28-21)18-14-27-31(15-18)19-6-4-3-5-7-19/h3-16,22H,1-2H3,(H,29,32). The van der Waals surface area contributed by atoms with Crippen LogP contribution in [-0.4, -0.2) is 37.3 Å². The number of amides is 1. The monoisotopic (exact) mass is 470 g/mol. The van der Waals surface area contributed by atoms with E-state index >= 15 is 0 Å². The van der Waals surface area contributed by atoms with Gasteiger partial charge in [0, 0.05) is 36.6 Å². The zero-order valence-electron chi connectivity index (χ0n) is 18.6. The highest BCUT2D eigenvalue weighted by molar-refractivity contribution is 7.13. The second-order valence-electron chi connectivity index (χ2n) is 7.62.